The molecule has 2 aliphatic heterocycles. The van der Waals surface area contributed by atoms with Crippen LogP contribution in [0.1, 0.15) is 42.6 Å². The van der Waals surface area contributed by atoms with Crippen LogP contribution in [0, 0.1) is 5.82 Å². The molecule has 2 bridgehead atoms. The quantitative estimate of drug-likeness (QED) is 0.681. The van der Waals surface area contributed by atoms with Crippen molar-refractivity contribution < 1.29 is 8.91 Å². The van der Waals surface area contributed by atoms with E-state index in [0.29, 0.717) is 23.8 Å². The highest BCUT2D eigenvalue weighted by atomic mass is 19.1. The van der Waals surface area contributed by atoms with Crippen molar-refractivity contribution in [1.82, 2.24) is 15.0 Å². The van der Waals surface area contributed by atoms with E-state index >= 15 is 0 Å². The molecule has 138 valence electrons. The summed E-state index contributed by atoms with van der Waals surface area (Å²) in [7, 11) is 2.20. The number of likely N-dealkylation sites (N-methyl/N-ethyl adjacent to an activating group) is 1. The molecule has 0 spiro atoms. The van der Waals surface area contributed by atoms with Crippen LogP contribution in [0.5, 0.6) is 0 Å². The Balaban J connectivity index is 1.54. The SMILES string of the molecule is CN1[C@@H]2CC[C@H]1[C@H](c1nc(-c3ccccc3)no1)[C@H](c1ccc(F)cc1)C2. The molecular formula is C22H22FN3O. The van der Waals surface area contributed by atoms with Crippen LogP contribution in [-0.2, 0) is 0 Å². The highest BCUT2D eigenvalue weighted by molar-refractivity contribution is 5.53. The van der Waals surface area contributed by atoms with Gasteiger partial charge in [0.25, 0.3) is 0 Å². The van der Waals surface area contributed by atoms with Crippen molar-refractivity contribution in [3.63, 3.8) is 0 Å². The molecule has 3 heterocycles. The Labute approximate surface area is 158 Å². The number of halogens is 1. The fourth-order valence-corrected chi connectivity index (χ4v) is 4.93. The average Bonchev–Trinajstić information content (AvgIpc) is 3.26. The summed E-state index contributed by atoms with van der Waals surface area (Å²) < 4.78 is 19.2. The van der Waals surface area contributed by atoms with Gasteiger partial charge in [0.05, 0.1) is 5.92 Å². The molecule has 2 fully saturated rings. The minimum Gasteiger partial charge on any atom is -0.339 e. The van der Waals surface area contributed by atoms with E-state index in [0.717, 1.165) is 24.0 Å². The number of benzene rings is 2. The Morgan fingerprint density at radius 2 is 1.81 bits per heavy atom. The molecule has 0 unspecified atom stereocenters. The maximum atomic E-state index is 13.4. The second-order valence-corrected chi connectivity index (χ2v) is 7.71. The van der Waals surface area contributed by atoms with Crippen LogP contribution >= 0.6 is 0 Å². The molecule has 0 aliphatic carbocycles. The van der Waals surface area contributed by atoms with E-state index in [1.165, 1.54) is 6.42 Å². The van der Waals surface area contributed by atoms with Gasteiger partial charge in [-0.05, 0) is 49.9 Å². The molecule has 4 nitrogen and oxygen atoms in total. The van der Waals surface area contributed by atoms with Gasteiger partial charge in [0.2, 0.25) is 11.7 Å². The molecule has 1 aromatic heterocycles. The first-order valence-electron chi connectivity index (χ1n) is 9.57. The number of nitrogens with zero attached hydrogens (tertiary/aromatic N) is 3. The molecule has 3 aromatic rings. The van der Waals surface area contributed by atoms with Crippen LogP contribution in [0.25, 0.3) is 11.4 Å². The third-order valence-corrected chi connectivity index (χ3v) is 6.33. The minimum atomic E-state index is -0.199. The summed E-state index contributed by atoms with van der Waals surface area (Å²) in [5, 5.41) is 4.25. The van der Waals surface area contributed by atoms with Crippen LogP contribution in [-0.4, -0.2) is 34.2 Å². The standard InChI is InChI=1S/C22H22FN3O/c1-26-17-11-12-19(26)20(18(13-17)14-7-9-16(23)10-8-14)22-24-21(25-27-22)15-5-3-2-4-6-15/h2-10,17-20H,11-13H2,1H3/t17-,18+,19+,20-/m1/s1. The largest absolute Gasteiger partial charge is 0.339 e. The molecule has 4 atom stereocenters. The fraction of sp³-hybridized carbons (Fsp3) is 0.364. The van der Waals surface area contributed by atoms with Gasteiger partial charge in [-0.1, -0.05) is 47.6 Å². The monoisotopic (exact) mass is 363 g/mol. The second-order valence-electron chi connectivity index (χ2n) is 7.71. The number of aromatic nitrogens is 2. The number of rotatable bonds is 3. The Bertz CT molecular complexity index is 924. The Hall–Kier alpha value is -2.53. The van der Waals surface area contributed by atoms with Gasteiger partial charge in [0, 0.05) is 17.6 Å². The first-order chi connectivity index (χ1) is 13.2. The summed E-state index contributed by atoms with van der Waals surface area (Å²) in [5.41, 5.74) is 2.12. The molecule has 0 N–H and O–H groups in total. The average molecular weight is 363 g/mol. The highest BCUT2D eigenvalue weighted by Crippen LogP contribution is 2.50. The molecule has 0 saturated carbocycles. The summed E-state index contributed by atoms with van der Waals surface area (Å²) >= 11 is 0. The zero-order valence-corrected chi connectivity index (χ0v) is 15.3. The number of hydrogen-bond acceptors (Lipinski definition) is 4. The number of fused-ring (bicyclic) bond motifs is 2. The Morgan fingerprint density at radius 1 is 1.04 bits per heavy atom. The van der Waals surface area contributed by atoms with Crippen molar-refractivity contribution in [2.75, 3.05) is 7.05 Å². The van der Waals surface area contributed by atoms with Crippen molar-refractivity contribution in [3.8, 4) is 11.4 Å². The maximum Gasteiger partial charge on any atom is 0.232 e. The molecule has 2 aliphatic rings. The van der Waals surface area contributed by atoms with E-state index in [1.807, 2.05) is 42.5 Å². The predicted molar refractivity (Wildman–Crippen MR) is 101 cm³/mol. The van der Waals surface area contributed by atoms with E-state index in [2.05, 4.69) is 17.1 Å². The van der Waals surface area contributed by atoms with E-state index in [-0.39, 0.29) is 17.7 Å². The highest BCUT2D eigenvalue weighted by Gasteiger charge is 2.48. The Morgan fingerprint density at radius 3 is 2.59 bits per heavy atom. The van der Waals surface area contributed by atoms with E-state index < -0.39 is 0 Å². The van der Waals surface area contributed by atoms with Crippen molar-refractivity contribution in [1.29, 1.82) is 0 Å². The molecule has 5 heteroatoms. The third kappa shape index (κ3) is 2.86. The van der Waals surface area contributed by atoms with Crippen LogP contribution in [0.15, 0.2) is 59.1 Å². The lowest BCUT2D eigenvalue weighted by atomic mass is 9.76. The van der Waals surface area contributed by atoms with Gasteiger partial charge in [-0.3, -0.25) is 4.90 Å². The molecule has 5 rings (SSSR count). The topological polar surface area (TPSA) is 42.2 Å². The molecule has 2 saturated heterocycles. The van der Waals surface area contributed by atoms with Gasteiger partial charge in [-0.15, -0.1) is 0 Å². The molecule has 27 heavy (non-hydrogen) atoms. The van der Waals surface area contributed by atoms with Gasteiger partial charge >= 0.3 is 0 Å². The first-order valence-corrected chi connectivity index (χ1v) is 9.57. The van der Waals surface area contributed by atoms with Gasteiger partial charge in [-0.2, -0.15) is 4.98 Å². The summed E-state index contributed by atoms with van der Waals surface area (Å²) in [6.07, 6.45) is 3.36. The van der Waals surface area contributed by atoms with E-state index in [4.69, 9.17) is 9.51 Å². The summed E-state index contributed by atoms with van der Waals surface area (Å²) in [5.74, 6) is 1.52. The molecule has 2 aromatic carbocycles. The zero-order chi connectivity index (χ0) is 18.4. The predicted octanol–water partition coefficient (Wildman–Crippen LogP) is 4.61. The number of piperidine rings is 1. The first kappa shape index (κ1) is 16.6. The summed E-state index contributed by atoms with van der Waals surface area (Å²) in [6.45, 7) is 0. The van der Waals surface area contributed by atoms with Crippen molar-refractivity contribution in [2.45, 2.75) is 43.2 Å². The summed E-state index contributed by atoms with van der Waals surface area (Å²) in [6, 6.07) is 17.8. The van der Waals surface area contributed by atoms with Crippen LogP contribution in [0.4, 0.5) is 4.39 Å². The van der Waals surface area contributed by atoms with Gasteiger partial charge in [0.15, 0.2) is 0 Å². The van der Waals surface area contributed by atoms with E-state index in [1.54, 1.807) is 12.1 Å². The van der Waals surface area contributed by atoms with Crippen LogP contribution in [0.2, 0.25) is 0 Å². The van der Waals surface area contributed by atoms with Crippen LogP contribution in [0.3, 0.4) is 0 Å². The second kappa shape index (κ2) is 6.57. The minimum absolute atomic E-state index is 0.129. The van der Waals surface area contributed by atoms with Gasteiger partial charge in [0.1, 0.15) is 5.82 Å². The Kier molecular flexibility index (Phi) is 4.05. The lowest BCUT2D eigenvalue weighted by Gasteiger charge is -2.41. The van der Waals surface area contributed by atoms with E-state index in [9.17, 15) is 4.39 Å². The molecular weight excluding hydrogens is 341 g/mol. The molecule has 0 amide bonds. The van der Waals surface area contributed by atoms with Gasteiger partial charge in [-0.25, -0.2) is 4.39 Å². The fourth-order valence-electron chi connectivity index (χ4n) is 4.93. The third-order valence-electron chi connectivity index (χ3n) is 6.33. The number of hydrogen-bond donors (Lipinski definition) is 0. The van der Waals surface area contributed by atoms with Crippen molar-refractivity contribution in [3.05, 3.63) is 71.9 Å². The smallest absolute Gasteiger partial charge is 0.232 e. The lowest BCUT2D eigenvalue weighted by molar-refractivity contribution is 0.120. The molecule has 0 radical (unpaired) electrons. The lowest BCUT2D eigenvalue weighted by Crippen LogP contribution is -2.44. The van der Waals surface area contributed by atoms with Gasteiger partial charge < -0.3 is 4.52 Å². The van der Waals surface area contributed by atoms with Crippen molar-refractivity contribution >= 4 is 0 Å². The maximum absolute atomic E-state index is 13.4. The van der Waals surface area contributed by atoms with Crippen molar-refractivity contribution in [2.24, 2.45) is 0 Å². The van der Waals surface area contributed by atoms with Crippen LogP contribution < -0.4 is 0 Å². The summed E-state index contributed by atoms with van der Waals surface area (Å²) in [4.78, 5) is 7.24. The zero-order valence-electron chi connectivity index (χ0n) is 15.3. The normalized spacial score (nSPS) is 27.8.